The summed E-state index contributed by atoms with van der Waals surface area (Å²) >= 11 is 0. The van der Waals surface area contributed by atoms with Crippen molar-refractivity contribution in [2.45, 2.75) is 51.5 Å². The fourth-order valence-electron chi connectivity index (χ4n) is 4.30. The number of amides is 3. The number of aryl methyl sites for hydroxylation is 1. The lowest BCUT2D eigenvalue weighted by molar-refractivity contribution is -0.114. The molecule has 0 atom stereocenters. The van der Waals surface area contributed by atoms with Gasteiger partial charge in [0, 0.05) is 43.5 Å². The minimum Gasteiger partial charge on any atom is -0.379 e. The second-order valence-corrected chi connectivity index (χ2v) is 7.90. The molecule has 0 bridgehead atoms. The van der Waals surface area contributed by atoms with Crippen LogP contribution in [0.2, 0.25) is 0 Å². The third kappa shape index (κ3) is 5.23. The first kappa shape index (κ1) is 20.6. The van der Waals surface area contributed by atoms with E-state index in [-0.39, 0.29) is 17.5 Å². The van der Waals surface area contributed by atoms with Gasteiger partial charge in [0.2, 0.25) is 5.91 Å². The van der Waals surface area contributed by atoms with Crippen molar-refractivity contribution < 1.29 is 14.3 Å². The zero-order valence-corrected chi connectivity index (χ0v) is 17.0. The molecule has 1 heterocycles. The van der Waals surface area contributed by atoms with Crippen molar-refractivity contribution in [3.63, 3.8) is 0 Å². The molecule has 28 heavy (non-hydrogen) atoms. The van der Waals surface area contributed by atoms with E-state index in [1.165, 1.54) is 26.2 Å². The summed E-state index contributed by atoms with van der Waals surface area (Å²) < 4.78 is 5.52. The zero-order chi connectivity index (χ0) is 20.0. The third-order valence-corrected chi connectivity index (χ3v) is 5.85. The summed E-state index contributed by atoms with van der Waals surface area (Å²) in [5.41, 5.74) is 2.36. The van der Waals surface area contributed by atoms with E-state index in [0.29, 0.717) is 17.9 Å². The molecule has 1 aromatic rings. The number of anilines is 2. The predicted octanol–water partition coefficient (Wildman–Crippen LogP) is 3.11. The lowest BCUT2D eigenvalue weighted by Gasteiger charge is -2.48. The molecule has 2 fully saturated rings. The van der Waals surface area contributed by atoms with Crippen molar-refractivity contribution >= 4 is 23.3 Å². The van der Waals surface area contributed by atoms with Crippen LogP contribution in [0.5, 0.6) is 0 Å². The maximum atomic E-state index is 12.5. The van der Waals surface area contributed by atoms with E-state index in [0.717, 1.165) is 44.7 Å². The third-order valence-electron chi connectivity index (χ3n) is 5.85. The quantitative estimate of drug-likeness (QED) is 0.724. The number of urea groups is 1. The number of hydrogen-bond acceptors (Lipinski definition) is 4. The monoisotopic (exact) mass is 388 g/mol. The topological polar surface area (TPSA) is 82.7 Å². The van der Waals surface area contributed by atoms with Crippen molar-refractivity contribution in [1.82, 2.24) is 10.2 Å². The van der Waals surface area contributed by atoms with Crippen molar-refractivity contribution in [2.24, 2.45) is 0 Å². The molecule has 154 valence electrons. The van der Waals surface area contributed by atoms with Gasteiger partial charge < -0.3 is 20.7 Å². The number of ether oxygens (including phenoxy) is 1. The number of hydrogen-bond donors (Lipinski definition) is 3. The van der Waals surface area contributed by atoms with Crippen LogP contribution in [0.1, 0.15) is 44.6 Å². The second-order valence-electron chi connectivity index (χ2n) is 7.90. The Morgan fingerprint density at radius 1 is 1.11 bits per heavy atom. The largest absolute Gasteiger partial charge is 0.379 e. The number of carbonyl (C=O) groups excluding carboxylic acids is 2. The molecule has 1 saturated carbocycles. The van der Waals surface area contributed by atoms with Crippen molar-refractivity contribution in [3.8, 4) is 0 Å². The van der Waals surface area contributed by atoms with Crippen LogP contribution in [0.25, 0.3) is 0 Å². The first-order valence-electron chi connectivity index (χ1n) is 10.2. The van der Waals surface area contributed by atoms with E-state index in [4.69, 9.17) is 4.74 Å². The van der Waals surface area contributed by atoms with Crippen LogP contribution in [-0.2, 0) is 9.53 Å². The van der Waals surface area contributed by atoms with Crippen LogP contribution in [0.15, 0.2) is 18.2 Å². The lowest BCUT2D eigenvalue weighted by Crippen LogP contribution is -2.60. The van der Waals surface area contributed by atoms with Crippen LogP contribution in [-0.4, -0.2) is 55.2 Å². The average Bonchev–Trinajstić information content (AvgIpc) is 2.70. The highest BCUT2D eigenvalue weighted by atomic mass is 16.5. The van der Waals surface area contributed by atoms with E-state index >= 15 is 0 Å². The molecule has 3 N–H and O–H groups in total. The summed E-state index contributed by atoms with van der Waals surface area (Å²) in [6.45, 7) is 7.43. The van der Waals surface area contributed by atoms with E-state index < -0.39 is 0 Å². The minimum atomic E-state index is -0.212. The highest BCUT2D eigenvalue weighted by Crippen LogP contribution is 2.34. The van der Waals surface area contributed by atoms with E-state index in [2.05, 4.69) is 20.9 Å². The Balaban J connectivity index is 1.61. The van der Waals surface area contributed by atoms with Gasteiger partial charge in [-0.1, -0.05) is 25.3 Å². The molecule has 1 aliphatic heterocycles. The van der Waals surface area contributed by atoms with Crippen LogP contribution in [0.4, 0.5) is 16.2 Å². The molecule has 1 aliphatic carbocycles. The van der Waals surface area contributed by atoms with Crippen LogP contribution in [0.3, 0.4) is 0 Å². The van der Waals surface area contributed by atoms with Gasteiger partial charge in [0.15, 0.2) is 0 Å². The summed E-state index contributed by atoms with van der Waals surface area (Å²) in [6.07, 6.45) is 5.92. The molecular formula is C21H32N4O3. The fourth-order valence-corrected chi connectivity index (χ4v) is 4.30. The Morgan fingerprint density at radius 3 is 2.50 bits per heavy atom. The van der Waals surface area contributed by atoms with Gasteiger partial charge in [0.25, 0.3) is 0 Å². The summed E-state index contributed by atoms with van der Waals surface area (Å²) in [5, 5.41) is 8.78. The van der Waals surface area contributed by atoms with Gasteiger partial charge >= 0.3 is 6.03 Å². The van der Waals surface area contributed by atoms with Crippen molar-refractivity contribution in [3.05, 3.63) is 23.8 Å². The number of nitrogens with one attached hydrogen (secondary N) is 3. The zero-order valence-electron chi connectivity index (χ0n) is 17.0. The smallest absolute Gasteiger partial charge is 0.319 e. The summed E-state index contributed by atoms with van der Waals surface area (Å²) in [6, 6.07) is 5.31. The van der Waals surface area contributed by atoms with Gasteiger partial charge in [-0.15, -0.1) is 0 Å². The van der Waals surface area contributed by atoms with E-state index in [1.807, 2.05) is 19.1 Å². The van der Waals surface area contributed by atoms with Gasteiger partial charge in [0.05, 0.1) is 13.2 Å². The van der Waals surface area contributed by atoms with Gasteiger partial charge in [-0.25, -0.2) is 4.79 Å². The normalized spacial score (nSPS) is 19.6. The fraction of sp³-hybridized carbons (Fsp3) is 0.619. The molecule has 0 unspecified atom stereocenters. The number of rotatable bonds is 5. The number of carbonyl (C=O) groups is 2. The molecule has 3 amide bonds. The highest BCUT2D eigenvalue weighted by molar-refractivity contribution is 5.93. The number of benzene rings is 1. The molecule has 0 aromatic heterocycles. The Labute approximate surface area is 167 Å². The summed E-state index contributed by atoms with van der Waals surface area (Å²) in [5.74, 6) is -0.130. The first-order chi connectivity index (χ1) is 13.5. The van der Waals surface area contributed by atoms with Crippen LogP contribution in [0, 0.1) is 6.92 Å². The van der Waals surface area contributed by atoms with Gasteiger partial charge in [-0.05, 0) is 37.5 Å². The van der Waals surface area contributed by atoms with Crippen LogP contribution < -0.4 is 16.0 Å². The summed E-state index contributed by atoms with van der Waals surface area (Å²) in [4.78, 5) is 26.4. The molecule has 2 aliphatic rings. The molecule has 7 heteroatoms. The Hall–Kier alpha value is -2.12. The molecule has 7 nitrogen and oxygen atoms in total. The van der Waals surface area contributed by atoms with Gasteiger partial charge in [-0.2, -0.15) is 0 Å². The molecule has 3 rings (SSSR count). The van der Waals surface area contributed by atoms with E-state index in [9.17, 15) is 9.59 Å². The number of nitrogens with zero attached hydrogens (tertiary/aromatic N) is 1. The predicted molar refractivity (Wildman–Crippen MR) is 111 cm³/mol. The van der Waals surface area contributed by atoms with E-state index in [1.54, 1.807) is 6.07 Å². The standard InChI is InChI=1S/C21H32N4O3/c1-16-6-7-18(14-19(16)23-17(2)26)24-20(27)22-15-21(8-4-3-5-9-21)25-10-12-28-13-11-25/h6-7,14H,3-5,8-13,15H2,1-2H3,(H,23,26)(H2,22,24,27). The highest BCUT2D eigenvalue weighted by Gasteiger charge is 2.38. The van der Waals surface area contributed by atoms with Crippen LogP contribution >= 0.6 is 0 Å². The molecule has 1 aromatic carbocycles. The van der Waals surface area contributed by atoms with Crippen molar-refractivity contribution in [1.29, 1.82) is 0 Å². The SMILES string of the molecule is CC(=O)Nc1cc(NC(=O)NCC2(N3CCOCC3)CCCCC2)ccc1C. The maximum absolute atomic E-state index is 12.5. The summed E-state index contributed by atoms with van der Waals surface area (Å²) in [7, 11) is 0. The Morgan fingerprint density at radius 2 is 1.82 bits per heavy atom. The Bertz CT molecular complexity index is 695. The molecule has 0 radical (unpaired) electrons. The van der Waals surface area contributed by atoms with Gasteiger partial charge in [0.1, 0.15) is 0 Å². The van der Waals surface area contributed by atoms with Crippen molar-refractivity contribution in [2.75, 3.05) is 43.5 Å². The average molecular weight is 389 g/mol. The minimum absolute atomic E-state index is 0.0357. The van der Waals surface area contributed by atoms with Gasteiger partial charge in [-0.3, -0.25) is 9.69 Å². The lowest BCUT2D eigenvalue weighted by atomic mass is 9.80. The molecule has 1 saturated heterocycles. The Kier molecular flexibility index (Phi) is 6.91. The number of morpholine rings is 1. The maximum Gasteiger partial charge on any atom is 0.319 e. The molecular weight excluding hydrogens is 356 g/mol. The molecule has 0 spiro atoms. The second kappa shape index (κ2) is 9.39. The first-order valence-corrected chi connectivity index (χ1v) is 10.2.